The van der Waals surface area contributed by atoms with Crippen LogP contribution in [0.4, 0.5) is 11.5 Å². The van der Waals surface area contributed by atoms with Crippen molar-refractivity contribution in [1.29, 1.82) is 0 Å². The smallest absolute Gasteiger partial charge is 0.128 e. The van der Waals surface area contributed by atoms with Crippen LogP contribution in [0.15, 0.2) is 42.6 Å². The first kappa shape index (κ1) is 14.1. The van der Waals surface area contributed by atoms with Gasteiger partial charge in [-0.1, -0.05) is 18.2 Å². The molecule has 3 N–H and O–H groups in total. The van der Waals surface area contributed by atoms with Crippen molar-refractivity contribution in [2.24, 2.45) is 0 Å². The van der Waals surface area contributed by atoms with Gasteiger partial charge in [-0.3, -0.25) is 0 Å². The monoisotopic (exact) mass is 273 g/mol. The van der Waals surface area contributed by atoms with Crippen LogP contribution in [0.5, 0.6) is 5.75 Å². The average Bonchev–Trinajstić information content (AvgIpc) is 2.47. The maximum atomic E-state index is 9.68. The topological polar surface area (TPSA) is 68.6 Å². The van der Waals surface area contributed by atoms with E-state index in [0.717, 1.165) is 17.1 Å². The quantitative estimate of drug-likeness (QED) is 0.749. The first-order valence-corrected chi connectivity index (χ1v) is 6.49. The molecule has 0 aliphatic rings. The minimum atomic E-state index is 0.103. The number of hydrogen-bond donors (Lipinski definition) is 3. The van der Waals surface area contributed by atoms with E-state index in [1.165, 1.54) is 0 Å². The van der Waals surface area contributed by atoms with Crippen molar-refractivity contribution < 1.29 is 10.2 Å². The average molecular weight is 273 g/mol. The molecule has 0 unspecified atom stereocenters. The number of aliphatic hydroxyl groups excluding tert-OH is 1. The molecule has 1 aromatic heterocycles. The molecular formula is C15H19N3O2. The van der Waals surface area contributed by atoms with Crippen LogP contribution in [0.3, 0.4) is 0 Å². The molecule has 2 rings (SSSR count). The third kappa shape index (κ3) is 3.61. The summed E-state index contributed by atoms with van der Waals surface area (Å²) in [5.74, 6) is 1.10. The van der Waals surface area contributed by atoms with Gasteiger partial charge >= 0.3 is 0 Å². The zero-order valence-electron chi connectivity index (χ0n) is 11.5. The van der Waals surface area contributed by atoms with Crippen molar-refractivity contribution in [2.75, 3.05) is 30.4 Å². The van der Waals surface area contributed by atoms with Gasteiger partial charge in [-0.15, -0.1) is 0 Å². The van der Waals surface area contributed by atoms with Crippen LogP contribution in [-0.4, -0.2) is 35.4 Å². The van der Waals surface area contributed by atoms with Gasteiger partial charge in [0.05, 0.1) is 18.5 Å². The molecular weight excluding hydrogens is 254 g/mol. The lowest BCUT2D eigenvalue weighted by Gasteiger charge is -2.17. The van der Waals surface area contributed by atoms with Gasteiger partial charge in [-0.25, -0.2) is 4.98 Å². The van der Waals surface area contributed by atoms with Crippen molar-refractivity contribution in [3.05, 3.63) is 48.2 Å². The van der Waals surface area contributed by atoms with Gasteiger partial charge in [-0.2, -0.15) is 0 Å². The molecule has 0 spiro atoms. The number of para-hydroxylation sites is 1. The predicted octanol–water partition coefficient (Wildman–Crippen LogP) is 1.83. The Labute approximate surface area is 118 Å². The number of aromatic nitrogens is 1. The fraction of sp³-hybridized carbons (Fsp3) is 0.267. The Balaban J connectivity index is 1.96. The van der Waals surface area contributed by atoms with Gasteiger partial charge < -0.3 is 20.4 Å². The summed E-state index contributed by atoms with van der Waals surface area (Å²) in [7, 11) is 1.88. The summed E-state index contributed by atoms with van der Waals surface area (Å²) in [6, 6.07) is 11.1. The first-order valence-electron chi connectivity index (χ1n) is 6.49. The molecule has 1 aromatic carbocycles. The lowest BCUT2D eigenvalue weighted by Crippen LogP contribution is -2.22. The number of phenols is 1. The zero-order valence-corrected chi connectivity index (χ0v) is 11.5. The highest BCUT2D eigenvalue weighted by molar-refractivity contribution is 5.49. The van der Waals surface area contributed by atoms with Crippen LogP contribution in [-0.2, 0) is 6.54 Å². The number of aromatic hydroxyl groups is 1. The summed E-state index contributed by atoms with van der Waals surface area (Å²) in [5, 5.41) is 21.8. The van der Waals surface area contributed by atoms with E-state index in [-0.39, 0.29) is 12.4 Å². The van der Waals surface area contributed by atoms with Crippen LogP contribution in [0, 0.1) is 0 Å². The number of rotatable bonds is 6. The first-order chi connectivity index (χ1) is 9.70. The van der Waals surface area contributed by atoms with E-state index in [2.05, 4.69) is 10.3 Å². The summed E-state index contributed by atoms with van der Waals surface area (Å²) in [6.07, 6.45) is 1.74. The minimum Gasteiger partial charge on any atom is -0.508 e. The molecule has 0 saturated heterocycles. The highest BCUT2D eigenvalue weighted by Crippen LogP contribution is 2.18. The van der Waals surface area contributed by atoms with Crippen LogP contribution in [0.2, 0.25) is 0 Å². The second-order valence-electron chi connectivity index (χ2n) is 4.53. The molecule has 106 valence electrons. The lowest BCUT2D eigenvalue weighted by molar-refractivity contribution is 0.304. The third-order valence-corrected chi connectivity index (χ3v) is 3.05. The van der Waals surface area contributed by atoms with E-state index < -0.39 is 0 Å². The van der Waals surface area contributed by atoms with E-state index in [9.17, 15) is 5.11 Å². The molecule has 0 aliphatic heterocycles. The SMILES string of the molecule is CN(CCO)c1ccc(NCc2ccccc2O)cn1. The number of hydrogen-bond acceptors (Lipinski definition) is 5. The van der Waals surface area contributed by atoms with Crippen molar-refractivity contribution in [3.63, 3.8) is 0 Å². The van der Waals surface area contributed by atoms with Crippen LogP contribution in [0.25, 0.3) is 0 Å². The molecule has 20 heavy (non-hydrogen) atoms. The highest BCUT2D eigenvalue weighted by Gasteiger charge is 2.02. The second-order valence-corrected chi connectivity index (χ2v) is 4.53. The standard InChI is InChI=1S/C15H19N3O2/c1-18(8-9-19)15-7-6-13(11-17-15)16-10-12-4-2-3-5-14(12)20/h2-7,11,16,19-20H,8-10H2,1H3. The maximum absolute atomic E-state index is 9.68. The number of anilines is 2. The van der Waals surface area contributed by atoms with Gasteiger partial charge in [0.1, 0.15) is 11.6 Å². The van der Waals surface area contributed by atoms with E-state index in [0.29, 0.717) is 13.1 Å². The fourth-order valence-corrected chi connectivity index (χ4v) is 1.84. The Kier molecular flexibility index (Phi) is 4.79. The number of phenolic OH excluding ortho intramolecular Hbond substituents is 1. The van der Waals surface area contributed by atoms with E-state index in [4.69, 9.17) is 5.11 Å². The van der Waals surface area contributed by atoms with Gasteiger partial charge in [0.15, 0.2) is 0 Å². The second kappa shape index (κ2) is 6.77. The Morgan fingerprint density at radius 2 is 2.00 bits per heavy atom. The number of aliphatic hydroxyl groups is 1. The van der Waals surface area contributed by atoms with Crippen molar-refractivity contribution in [2.45, 2.75) is 6.54 Å². The molecule has 0 radical (unpaired) electrons. The number of pyridine rings is 1. The number of likely N-dealkylation sites (N-methyl/N-ethyl adjacent to an activating group) is 1. The summed E-state index contributed by atoms with van der Waals surface area (Å²) >= 11 is 0. The molecule has 2 aromatic rings. The van der Waals surface area contributed by atoms with E-state index >= 15 is 0 Å². The Hall–Kier alpha value is -2.27. The molecule has 0 aliphatic carbocycles. The van der Waals surface area contributed by atoms with E-state index in [1.54, 1.807) is 18.3 Å². The summed E-state index contributed by atoms with van der Waals surface area (Å²) in [6.45, 7) is 1.20. The lowest BCUT2D eigenvalue weighted by atomic mass is 10.2. The van der Waals surface area contributed by atoms with E-state index in [1.807, 2.05) is 36.2 Å². The van der Waals surface area contributed by atoms with Crippen molar-refractivity contribution in [1.82, 2.24) is 4.98 Å². The normalized spacial score (nSPS) is 10.3. The predicted molar refractivity (Wildman–Crippen MR) is 80.0 cm³/mol. The Morgan fingerprint density at radius 3 is 2.65 bits per heavy atom. The maximum Gasteiger partial charge on any atom is 0.128 e. The zero-order chi connectivity index (χ0) is 14.4. The summed E-state index contributed by atoms with van der Waals surface area (Å²) in [5.41, 5.74) is 1.73. The number of benzene rings is 1. The van der Waals surface area contributed by atoms with Gasteiger partial charge in [0.2, 0.25) is 0 Å². The largest absolute Gasteiger partial charge is 0.508 e. The molecule has 0 saturated carbocycles. The van der Waals surface area contributed by atoms with Crippen LogP contribution in [0.1, 0.15) is 5.56 Å². The third-order valence-electron chi connectivity index (χ3n) is 3.05. The van der Waals surface area contributed by atoms with Crippen LogP contribution >= 0.6 is 0 Å². The fourth-order valence-electron chi connectivity index (χ4n) is 1.84. The Morgan fingerprint density at radius 1 is 1.20 bits per heavy atom. The summed E-state index contributed by atoms with van der Waals surface area (Å²) < 4.78 is 0. The molecule has 1 heterocycles. The molecule has 0 bridgehead atoms. The van der Waals surface area contributed by atoms with Gasteiger partial charge in [-0.05, 0) is 18.2 Å². The Bertz CT molecular complexity index is 543. The molecule has 0 amide bonds. The van der Waals surface area contributed by atoms with Gasteiger partial charge in [0, 0.05) is 25.7 Å². The number of nitrogens with one attached hydrogen (secondary N) is 1. The number of nitrogens with zero attached hydrogens (tertiary/aromatic N) is 2. The van der Waals surface area contributed by atoms with Crippen molar-refractivity contribution >= 4 is 11.5 Å². The minimum absolute atomic E-state index is 0.103. The molecule has 5 nitrogen and oxygen atoms in total. The summed E-state index contributed by atoms with van der Waals surface area (Å²) in [4.78, 5) is 6.20. The molecule has 5 heteroatoms. The molecule has 0 atom stereocenters. The molecule has 0 fully saturated rings. The van der Waals surface area contributed by atoms with Crippen molar-refractivity contribution in [3.8, 4) is 5.75 Å². The highest BCUT2D eigenvalue weighted by atomic mass is 16.3. The van der Waals surface area contributed by atoms with Gasteiger partial charge in [0.25, 0.3) is 0 Å². The van der Waals surface area contributed by atoms with Crippen LogP contribution < -0.4 is 10.2 Å².